The van der Waals surface area contributed by atoms with Crippen LogP contribution >= 0.6 is 11.8 Å². The molecule has 0 heterocycles. The highest BCUT2D eigenvalue weighted by molar-refractivity contribution is 7.99. The van der Waals surface area contributed by atoms with Crippen molar-refractivity contribution in [3.63, 3.8) is 0 Å². The lowest BCUT2D eigenvalue weighted by Crippen LogP contribution is -2.47. The zero-order valence-electron chi connectivity index (χ0n) is 16.1. The van der Waals surface area contributed by atoms with E-state index in [-0.39, 0.29) is 11.8 Å². The number of hydrogen-bond donors (Lipinski definition) is 1. The summed E-state index contributed by atoms with van der Waals surface area (Å²) in [4.78, 5) is 28.1. The van der Waals surface area contributed by atoms with E-state index in [9.17, 15) is 9.59 Å². The average Bonchev–Trinajstić information content (AvgIpc) is 2.71. The Morgan fingerprint density at radius 1 is 1.04 bits per heavy atom. The number of carbonyl (C=O) groups excluding carboxylic acids is 2. The zero-order chi connectivity index (χ0) is 19.5. The molecule has 0 spiro atoms. The Morgan fingerprint density at radius 2 is 1.67 bits per heavy atom. The van der Waals surface area contributed by atoms with Crippen LogP contribution in [0, 0.1) is 0 Å². The maximum Gasteiger partial charge on any atom is 0.242 e. The summed E-state index contributed by atoms with van der Waals surface area (Å²) in [6.07, 6.45) is 1.27. The highest BCUT2D eigenvalue weighted by Gasteiger charge is 2.25. The van der Waals surface area contributed by atoms with Crippen LogP contribution in [-0.2, 0) is 16.1 Å². The lowest BCUT2D eigenvalue weighted by Gasteiger charge is -2.29. The highest BCUT2D eigenvalue weighted by Crippen LogP contribution is 2.19. The van der Waals surface area contributed by atoms with E-state index in [1.165, 1.54) is 0 Å². The second-order valence-corrected chi connectivity index (χ2v) is 7.55. The molecule has 0 aromatic heterocycles. The van der Waals surface area contributed by atoms with Crippen molar-refractivity contribution in [3.05, 3.63) is 66.2 Å². The van der Waals surface area contributed by atoms with Gasteiger partial charge in [0.2, 0.25) is 11.8 Å². The van der Waals surface area contributed by atoms with E-state index in [1.807, 2.05) is 67.6 Å². The molecule has 2 aromatic rings. The molecule has 0 aliphatic carbocycles. The van der Waals surface area contributed by atoms with Crippen molar-refractivity contribution in [2.75, 3.05) is 12.3 Å². The van der Waals surface area contributed by atoms with Gasteiger partial charge in [0.1, 0.15) is 6.04 Å². The Labute approximate surface area is 166 Å². The van der Waals surface area contributed by atoms with Gasteiger partial charge in [0, 0.05) is 30.2 Å². The first-order valence-corrected chi connectivity index (χ1v) is 10.4. The first-order chi connectivity index (χ1) is 13.1. The third-order valence-corrected chi connectivity index (χ3v) is 5.25. The van der Waals surface area contributed by atoms with Crippen LogP contribution < -0.4 is 5.32 Å². The summed E-state index contributed by atoms with van der Waals surface area (Å²) in [6.45, 7) is 4.88. The first kappa shape index (κ1) is 21.0. The molecule has 0 saturated carbocycles. The minimum Gasteiger partial charge on any atom is -0.354 e. The molecule has 0 aliphatic heterocycles. The van der Waals surface area contributed by atoms with E-state index < -0.39 is 6.04 Å². The van der Waals surface area contributed by atoms with Crippen molar-refractivity contribution in [1.82, 2.24) is 10.2 Å². The van der Waals surface area contributed by atoms with E-state index in [0.29, 0.717) is 25.3 Å². The fraction of sp³-hybridized carbons (Fsp3) is 0.364. The Hall–Kier alpha value is -2.27. The van der Waals surface area contributed by atoms with Crippen LogP contribution in [-0.4, -0.2) is 35.1 Å². The minimum absolute atomic E-state index is 0.00133. The number of amides is 2. The summed E-state index contributed by atoms with van der Waals surface area (Å²) in [6, 6.07) is 19.4. The van der Waals surface area contributed by atoms with Crippen molar-refractivity contribution < 1.29 is 9.59 Å². The van der Waals surface area contributed by atoms with E-state index >= 15 is 0 Å². The number of nitrogens with zero attached hydrogens (tertiary/aromatic N) is 1. The molecule has 2 rings (SSSR count). The molecule has 1 N–H and O–H groups in total. The van der Waals surface area contributed by atoms with Crippen molar-refractivity contribution >= 4 is 23.6 Å². The monoisotopic (exact) mass is 384 g/mol. The molecule has 0 fully saturated rings. The average molecular weight is 385 g/mol. The van der Waals surface area contributed by atoms with Crippen LogP contribution in [0.5, 0.6) is 0 Å². The van der Waals surface area contributed by atoms with Gasteiger partial charge in [-0.05, 0) is 31.0 Å². The molecule has 144 valence electrons. The first-order valence-electron chi connectivity index (χ1n) is 9.40. The van der Waals surface area contributed by atoms with Crippen molar-refractivity contribution in [2.45, 2.75) is 44.2 Å². The summed E-state index contributed by atoms with van der Waals surface area (Å²) in [7, 11) is 0. The second kappa shape index (κ2) is 11.4. The van der Waals surface area contributed by atoms with Crippen molar-refractivity contribution in [2.24, 2.45) is 0 Å². The highest BCUT2D eigenvalue weighted by atomic mass is 32.2. The van der Waals surface area contributed by atoms with Gasteiger partial charge in [0.25, 0.3) is 0 Å². The van der Waals surface area contributed by atoms with E-state index in [1.54, 1.807) is 23.6 Å². The third kappa shape index (κ3) is 7.10. The Kier molecular flexibility index (Phi) is 8.92. The van der Waals surface area contributed by atoms with Crippen LogP contribution in [0.1, 0.15) is 32.3 Å². The fourth-order valence-corrected chi connectivity index (χ4v) is 3.54. The number of carbonyl (C=O) groups is 2. The second-order valence-electron chi connectivity index (χ2n) is 6.39. The van der Waals surface area contributed by atoms with Gasteiger partial charge in [0.15, 0.2) is 0 Å². The van der Waals surface area contributed by atoms with Crippen LogP contribution in [0.15, 0.2) is 65.6 Å². The van der Waals surface area contributed by atoms with Gasteiger partial charge in [-0.2, -0.15) is 0 Å². The lowest BCUT2D eigenvalue weighted by molar-refractivity contribution is -0.140. The van der Waals surface area contributed by atoms with Gasteiger partial charge in [0.05, 0.1) is 0 Å². The lowest BCUT2D eigenvalue weighted by atomic mass is 10.1. The molecular weight excluding hydrogens is 356 g/mol. The van der Waals surface area contributed by atoms with Gasteiger partial charge < -0.3 is 10.2 Å². The van der Waals surface area contributed by atoms with Gasteiger partial charge in [-0.25, -0.2) is 0 Å². The largest absolute Gasteiger partial charge is 0.354 e. The molecule has 1 unspecified atom stereocenters. The normalized spacial score (nSPS) is 11.6. The predicted molar refractivity (Wildman–Crippen MR) is 112 cm³/mol. The molecule has 27 heavy (non-hydrogen) atoms. The summed E-state index contributed by atoms with van der Waals surface area (Å²) in [5.41, 5.74) is 1.02. The molecule has 0 radical (unpaired) electrons. The van der Waals surface area contributed by atoms with E-state index in [0.717, 1.165) is 16.9 Å². The molecule has 5 heteroatoms. The van der Waals surface area contributed by atoms with Gasteiger partial charge in [-0.15, -0.1) is 11.8 Å². The number of nitrogens with one attached hydrogen (secondary N) is 1. The number of thioether (sulfide) groups is 1. The Morgan fingerprint density at radius 3 is 2.30 bits per heavy atom. The Balaban J connectivity index is 2.00. The molecule has 0 saturated heterocycles. The Bertz CT molecular complexity index is 707. The van der Waals surface area contributed by atoms with Crippen LogP contribution in [0.2, 0.25) is 0 Å². The van der Waals surface area contributed by atoms with Gasteiger partial charge >= 0.3 is 0 Å². The fourth-order valence-electron chi connectivity index (χ4n) is 2.68. The number of hydrogen-bond acceptors (Lipinski definition) is 3. The van der Waals surface area contributed by atoms with Crippen LogP contribution in [0.3, 0.4) is 0 Å². The van der Waals surface area contributed by atoms with Crippen molar-refractivity contribution in [3.8, 4) is 0 Å². The zero-order valence-corrected chi connectivity index (χ0v) is 16.9. The van der Waals surface area contributed by atoms with Crippen LogP contribution in [0.4, 0.5) is 0 Å². The summed E-state index contributed by atoms with van der Waals surface area (Å²) < 4.78 is 0. The third-order valence-electron chi connectivity index (χ3n) is 4.24. The van der Waals surface area contributed by atoms with E-state index in [2.05, 4.69) is 5.32 Å². The van der Waals surface area contributed by atoms with Crippen LogP contribution in [0.25, 0.3) is 0 Å². The number of rotatable bonds is 10. The molecular formula is C22H28N2O2S. The molecule has 0 bridgehead atoms. The maximum atomic E-state index is 12.9. The smallest absolute Gasteiger partial charge is 0.242 e. The number of benzene rings is 2. The summed E-state index contributed by atoms with van der Waals surface area (Å²) in [5, 5.41) is 2.90. The molecule has 2 aromatic carbocycles. The molecule has 2 amide bonds. The minimum atomic E-state index is -0.494. The maximum absolute atomic E-state index is 12.9. The predicted octanol–water partition coefficient (Wildman–Crippen LogP) is 4.11. The van der Waals surface area contributed by atoms with Crippen molar-refractivity contribution in [1.29, 1.82) is 0 Å². The van der Waals surface area contributed by atoms with Gasteiger partial charge in [-0.1, -0.05) is 55.5 Å². The summed E-state index contributed by atoms with van der Waals surface area (Å²) >= 11 is 1.66. The quantitative estimate of drug-likeness (QED) is 0.627. The topological polar surface area (TPSA) is 49.4 Å². The molecule has 1 atom stereocenters. The standard InChI is InChI=1S/C22H28N2O2S/c1-3-15-23-22(26)18(2)24(17-19-10-6-4-7-11-19)21(25)14-16-27-20-12-8-5-9-13-20/h4-13,18H,3,14-17H2,1-2H3,(H,23,26). The van der Waals surface area contributed by atoms with Gasteiger partial charge in [-0.3, -0.25) is 9.59 Å². The summed E-state index contributed by atoms with van der Waals surface area (Å²) in [5.74, 6) is 0.593. The SMILES string of the molecule is CCCNC(=O)C(C)N(Cc1ccccc1)C(=O)CCSc1ccccc1. The molecule has 0 aliphatic rings. The molecule has 4 nitrogen and oxygen atoms in total. The van der Waals surface area contributed by atoms with E-state index in [4.69, 9.17) is 0 Å².